The number of hydrogen-bond acceptors (Lipinski definition) is 7. The van der Waals surface area contributed by atoms with E-state index in [4.69, 9.17) is 4.74 Å². The zero-order valence-corrected chi connectivity index (χ0v) is 16.0. The van der Waals surface area contributed by atoms with Gasteiger partial charge >= 0.3 is 5.69 Å². The fourth-order valence-electron chi connectivity index (χ4n) is 3.04. The fraction of sp³-hybridized carbons (Fsp3) is 0.100. The molecule has 0 aliphatic carbocycles. The first-order valence-corrected chi connectivity index (χ1v) is 9.34. The Balaban J connectivity index is 1.83. The van der Waals surface area contributed by atoms with Crippen LogP contribution < -0.4 is 10.1 Å². The SMILES string of the molecule is COc1cc(Nc2ncnc3scc(-c4ccccc4)c23)c(C)cc1[N+](=O)[O-]. The van der Waals surface area contributed by atoms with Crippen LogP contribution in [0.2, 0.25) is 0 Å². The summed E-state index contributed by atoms with van der Waals surface area (Å²) in [5.41, 5.74) is 3.45. The standard InChI is InChI=1S/C20H16N4O3S/c1-12-8-16(24(25)26)17(27-2)9-15(12)23-19-18-14(13-6-4-3-5-7-13)10-28-20(18)22-11-21-19/h3-11H,1-2H3,(H,21,22,23). The van der Waals surface area contributed by atoms with Crippen LogP contribution in [-0.2, 0) is 0 Å². The molecule has 28 heavy (non-hydrogen) atoms. The van der Waals surface area contributed by atoms with Gasteiger partial charge in [-0.1, -0.05) is 30.3 Å². The van der Waals surface area contributed by atoms with Gasteiger partial charge in [-0.05, 0) is 18.1 Å². The number of hydrogen-bond donors (Lipinski definition) is 1. The zero-order chi connectivity index (χ0) is 19.7. The van der Waals surface area contributed by atoms with Crippen LogP contribution >= 0.6 is 11.3 Å². The van der Waals surface area contributed by atoms with Gasteiger partial charge < -0.3 is 10.1 Å². The van der Waals surface area contributed by atoms with Crippen molar-refractivity contribution < 1.29 is 9.66 Å². The third-order valence-electron chi connectivity index (χ3n) is 4.43. The molecule has 0 atom stereocenters. The summed E-state index contributed by atoms with van der Waals surface area (Å²) in [5, 5.41) is 17.5. The van der Waals surface area contributed by atoms with Crippen LogP contribution in [0, 0.1) is 17.0 Å². The van der Waals surface area contributed by atoms with E-state index in [0.29, 0.717) is 11.5 Å². The number of anilines is 2. The molecule has 2 heterocycles. The molecule has 1 N–H and O–H groups in total. The predicted octanol–water partition coefficient (Wildman–Crippen LogP) is 5.33. The van der Waals surface area contributed by atoms with Crippen LogP contribution in [0.15, 0.2) is 54.2 Å². The van der Waals surface area contributed by atoms with E-state index in [-0.39, 0.29) is 11.4 Å². The molecule has 0 aliphatic heterocycles. The van der Waals surface area contributed by atoms with Gasteiger partial charge in [0.05, 0.1) is 17.4 Å². The summed E-state index contributed by atoms with van der Waals surface area (Å²) in [6.07, 6.45) is 1.51. The van der Waals surface area contributed by atoms with E-state index in [1.165, 1.54) is 19.5 Å². The van der Waals surface area contributed by atoms with Gasteiger partial charge in [-0.15, -0.1) is 11.3 Å². The van der Waals surface area contributed by atoms with Crippen LogP contribution in [0.5, 0.6) is 5.75 Å². The van der Waals surface area contributed by atoms with Crippen molar-refractivity contribution >= 4 is 38.7 Å². The van der Waals surface area contributed by atoms with Gasteiger partial charge in [0.15, 0.2) is 5.75 Å². The van der Waals surface area contributed by atoms with Crippen molar-refractivity contribution in [1.29, 1.82) is 0 Å². The zero-order valence-electron chi connectivity index (χ0n) is 15.2. The molecule has 0 bridgehead atoms. The number of nitro groups is 1. The van der Waals surface area contributed by atoms with E-state index in [1.807, 2.05) is 30.3 Å². The predicted molar refractivity (Wildman–Crippen MR) is 111 cm³/mol. The molecule has 0 aliphatic rings. The molecule has 4 rings (SSSR count). The largest absolute Gasteiger partial charge is 0.490 e. The Hall–Kier alpha value is -3.52. The van der Waals surface area contributed by atoms with Gasteiger partial charge in [0.1, 0.15) is 17.0 Å². The first kappa shape index (κ1) is 17.9. The third kappa shape index (κ3) is 3.14. The quantitative estimate of drug-likeness (QED) is 0.365. The number of benzene rings is 2. The number of ether oxygens (including phenoxy) is 1. The van der Waals surface area contributed by atoms with Gasteiger partial charge in [0, 0.05) is 28.8 Å². The molecule has 0 radical (unpaired) electrons. The molecule has 4 aromatic rings. The number of nitrogens with one attached hydrogen (secondary N) is 1. The molecule has 140 valence electrons. The van der Waals surface area contributed by atoms with Crippen molar-refractivity contribution in [2.45, 2.75) is 6.92 Å². The minimum absolute atomic E-state index is 0.0705. The lowest BCUT2D eigenvalue weighted by Gasteiger charge is -2.12. The van der Waals surface area contributed by atoms with Gasteiger partial charge in [-0.3, -0.25) is 10.1 Å². The summed E-state index contributed by atoms with van der Waals surface area (Å²) in [6, 6.07) is 13.1. The van der Waals surface area contributed by atoms with Crippen LogP contribution in [-0.4, -0.2) is 22.0 Å². The molecule has 0 saturated carbocycles. The molecule has 8 heteroatoms. The summed E-state index contributed by atoms with van der Waals surface area (Å²) < 4.78 is 5.19. The number of aryl methyl sites for hydroxylation is 1. The lowest BCUT2D eigenvalue weighted by molar-refractivity contribution is -0.385. The monoisotopic (exact) mass is 392 g/mol. The first-order valence-electron chi connectivity index (χ1n) is 8.46. The number of aromatic nitrogens is 2. The smallest absolute Gasteiger partial charge is 0.311 e. The molecule has 0 saturated heterocycles. The van der Waals surface area contributed by atoms with Gasteiger partial charge in [-0.2, -0.15) is 0 Å². The van der Waals surface area contributed by atoms with E-state index >= 15 is 0 Å². The Labute approximate surface area is 164 Å². The topological polar surface area (TPSA) is 90.2 Å². The molecule has 0 spiro atoms. The highest BCUT2D eigenvalue weighted by atomic mass is 32.1. The van der Waals surface area contributed by atoms with Gasteiger partial charge in [-0.25, -0.2) is 9.97 Å². The van der Waals surface area contributed by atoms with E-state index in [1.54, 1.807) is 24.3 Å². The maximum Gasteiger partial charge on any atom is 0.311 e. The van der Waals surface area contributed by atoms with Crippen LogP contribution in [0.3, 0.4) is 0 Å². The van der Waals surface area contributed by atoms with Crippen molar-refractivity contribution in [3.05, 3.63) is 69.8 Å². The minimum Gasteiger partial charge on any atom is -0.490 e. The number of methoxy groups -OCH3 is 1. The van der Waals surface area contributed by atoms with Crippen molar-refractivity contribution in [2.75, 3.05) is 12.4 Å². The third-order valence-corrected chi connectivity index (χ3v) is 5.32. The second-order valence-corrected chi connectivity index (χ2v) is 7.00. The highest BCUT2D eigenvalue weighted by molar-refractivity contribution is 7.17. The van der Waals surface area contributed by atoms with Crippen LogP contribution in [0.25, 0.3) is 21.3 Å². The Morgan fingerprint density at radius 3 is 2.68 bits per heavy atom. The number of thiophene rings is 1. The fourth-order valence-corrected chi connectivity index (χ4v) is 3.96. The average molecular weight is 392 g/mol. The number of fused-ring (bicyclic) bond motifs is 1. The normalized spacial score (nSPS) is 10.8. The molecule has 2 aromatic carbocycles. The molecule has 2 aromatic heterocycles. The van der Waals surface area contributed by atoms with E-state index in [0.717, 1.165) is 26.9 Å². The molecule has 0 fully saturated rings. The molecular weight excluding hydrogens is 376 g/mol. The van der Waals surface area contributed by atoms with Crippen LogP contribution in [0.1, 0.15) is 5.56 Å². The van der Waals surface area contributed by atoms with E-state index in [2.05, 4.69) is 20.7 Å². The van der Waals surface area contributed by atoms with Crippen molar-refractivity contribution in [3.8, 4) is 16.9 Å². The Morgan fingerprint density at radius 1 is 1.18 bits per heavy atom. The van der Waals surface area contributed by atoms with Gasteiger partial charge in [0.25, 0.3) is 0 Å². The summed E-state index contributed by atoms with van der Waals surface area (Å²) >= 11 is 1.55. The number of nitro benzene ring substituents is 1. The second kappa shape index (κ2) is 7.24. The maximum absolute atomic E-state index is 11.2. The number of rotatable bonds is 5. The molecule has 7 nitrogen and oxygen atoms in total. The van der Waals surface area contributed by atoms with Crippen molar-refractivity contribution in [2.24, 2.45) is 0 Å². The summed E-state index contributed by atoms with van der Waals surface area (Å²) in [5.74, 6) is 0.834. The molecule has 0 amide bonds. The van der Waals surface area contributed by atoms with Crippen molar-refractivity contribution in [1.82, 2.24) is 9.97 Å². The molecule has 0 unspecified atom stereocenters. The Bertz CT molecular complexity index is 1180. The summed E-state index contributed by atoms with van der Waals surface area (Å²) in [6.45, 7) is 1.80. The summed E-state index contributed by atoms with van der Waals surface area (Å²) in [7, 11) is 1.41. The first-order chi connectivity index (χ1) is 13.6. The second-order valence-electron chi connectivity index (χ2n) is 6.14. The Morgan fingerprint density at radius 2 is 1.96 bits per heavy atom. The summed E-state index contributed by atoms with van der Waals surface area (Å²) in [4.78, 5) is 20.4. The lowest BCUT2D eigenvalue weighted by atomic mass is 10.1. The van der Waals surface area contributed by atoms with Crippen LogP contribution in [0.4, 0.5) is 17.2 Å². The lowest BCUT2D eigenvalue weighted by Crippen LogP contribution is -2.00. The maximum atomic E-state index is 11.2. The van der Waals surface area contributed by atoms with Crippen molar-refractivity contribution in [3.63, 3.8) is 0 Å². The minimum atomic E-state index is -0.453. The molecular formula is C20H16N4O3S. The Kier molecular flexibility index (Phi) is 4.62. The van der Waals surface area contributed by atoms with E-state index < -0.39 is 4.92 Å². The highest BCUT2D eigenvalue weighted by Crippen LogP contribution is 2.39. The van der Waals surface area contributed by atoms with Gasteiger partial charge in [0.2, 0.25) is 0 Å². The average Bonchev–Trinajstić information content (AvgIpc) is 3.15. The highest BCUT2D eigenvalue weighted by Gasteiger charge is 2.19. The van der Waals surface area contributed by atoms with E-state index in [9.17, 15) is 10.1 Å². The number of nitrogens with zero attached hydrogens (tertiary/aromatic N) is 3.